The van der Waals surface area contributed by atoms with Crippen molar-refractivity contribution in [2.75, 3.05) is 0 Å². The molecule has 5 nitrogen and oxygen atoms in total. The van der Waals surface area contributed by atoms with E-state index in [0.29, 0.717) is 5.41 Å². The number of primary sulfonamides is 1. The molecule has 1 aliphatic rings. The lowest BCUT2D eigenvalue weighted by molar-refractivity contribution is 0.347. The SMILES string of the molecule is CC1(C)CC[C@@H](CCCn2ccc(S(N)(=O)=O)n2)C1. The van der Waals surface area contributed by atoms with Crippen LogP contribution in [0.15, 0.2) is 17.3 Å². The summed E-state index contributed by atoms with van der Waals surface area (Å²) < 4.78 is 23.9. The van der Waals surface area contributed by atoms with Gasteiger partial charge in [-0.15, -0.1) is 0 Å². The van der Waals surface area contributed by atoms with Gasteiger partial charge in [-0.2, -0.15) is 5.10 Å². The molecule has 0 unspecified atom stereocenters. The van der Waals surface area contributed by atoms with Crippen molar-refractivity contribution in [3.8, 4) is 0 Å². The second-order valence-corrected chi connectivity index (χ2v) is 7.89. The zero-order valence-corrected chi connectivity index (χ0v) is 12.5. The van der Waals surface area contributed by atoms with Gasteiger partial charge >= 0.3 is 0 Å². The molecule has 0 amide bonds. The smallest absolute Gasteiger partial charge is 0.257 e. The van der Waals surface area contributed by atoms with Crippen molar-refractivity contribution in [1.29, 1.82) is 0 Å². The minimum absolute atomic E-state index is 0.0468. The third kappa shape index (κ3) is 4.04. The molecular formula is C13H23N3O2S. The molecule has 19 heavy (non-hydrogen) atoms. The average Bonchev–Trinajstić information content (AvgIpc) is 2.85. The maximum absolute atomic E-state index is 11.1. The molecule has 1 aromatic heterocycles. The van der Waals surface area contributed by atoms with Gasteiger partial charge in [0.1, 0.15) is 0 Å². The van der Waals surface area contributed by atoms with Crippen molar-refractivity contribution in [2.24, 2.45) is 16.5 Å². The maximum Gasteiger partial charge on any atom is 0.257 e. The average molecular weight is 285 g/mol. The van der Waals surface area contributed by atoms with Gasteiger partial charge in [-0.05, 0) is 49.5 Å². The van der Waals surface area contributed by atoms with Crippen LogP contribution >= 0.6 is 0 Å². The van der Waals surface area contributed by atoms with Crippen molar-refractivity contribution >= 4 is 10.0 Å². The Morgan fingerprint density at radius 3 is 2.79 bits per heavy atom. The lowest BCUT2D eigenvalue weighted by atomic mass is 9.89. The Morgan fingerprint density at radius 1 is 1.53 bits per heavy atom. The van der Waals surface area contributed by atoms with E-state index >= 15 is 0 Å². The van der Waals surface area contributed by atoms with Gasteiger partial charge in [0.05, 0.1) is 0 Å². The Morgan fingerprint density at radius 2 is 2.26 bits per heavy atom. The first kappa shape index (κ1) is 14.5. The highest BCUT2D eigenvalue weighted by Gasteiger charge is 2.30. The molecule has 1 atom stereocenters. The summed E-state index contributed by atoms with van der Waals surface area (Å²) in [6.45, 7) is 5.42. The molecule has 0 bridgehead atoms. The van der Waals surface area contributed by atoms with Crippen LogP contribution in [-0.4, -0.2) is 18.2 Å². The van der Waals surface area contributed by atoms with Crippen LogP contribution in [-0.2, 0) is 16.6 Å². The Hall–Kier alpha value is -0.880. The molecule has 108 valence electrons. The van der Waals surface area contributed by atoms with Crippen LogP contribution in [0.25, 0.3) is 0 Å². The van der Waals surface area contributed by atoms with E-state index in [9.17, 15) is 8.42 Å². The van der Waals surface area contributed by atoms with E-state index in [-0.39, 0.29) is 5.03 Å². The molecule has 0 saturated heterocycles. The van der Waals surface area contributed by atoms with Gasteiger partial charge in [-0.3, -0.25) is 4.68 Å². The highest BCUT2D eigenvalue weighted by Crippen LogP contribution is 2.42. The third-order valence-electron chi connectivity index (χ3n) is 3.98. The predicted octanol–water partition coefficient (Wildman–Crippen LogP) is 2.14. The summed E-state index contributed by atoms with van der Waals surface area (Å²) in [5.74, 6) is 0.809. The van der Waals surface area contributed by atoms with Crippen LogP contribution in [0.1, 0.15) is 46.0 Å². The Balaban J connectivity index is 1.79. The Kier molecular flexibility index (Phi) is 4.01. The molecule has 0 radical (unpaired) electrons. The number of hydrogen-bond acceptors (Lipinski definition) is 3. The van der Waals surface area contributed by atoms with Crippen molar-refractivity contribution < 1.29 is 8.42 Å². The number of nitrogens with zero attached hydrogens (tertiary/aromatic N) is 2. The zero-order chi connectivity index (χ0) is 14.1. The van der Waals surface area contributed by atoms with Crippen LogP contribution in [0, 0.1) is 11.3 Å². The topological polar surface area (TPSA) is 78.0 Å². The van der Waals surface area contributed by atoms with Gasteiger partial charge in [-0.1, -0.05) is 13.8 Å². The van der Waals surface area contributed by atoms with E-state index in [1.165, 1.54) is 31.7 Å². The van der Waals surface area contributed by atoms with Crippen LogP contribution in [0.4, 0.5) is 0 Å². The van der Waals surface area contributed by atoms with Crippen LogP contribution in [0.2, 0.25) is 0 Å². The monoisotopic (exact) mass is 285 g/mol. The largest absolute Gasteiger partial charge is 0.271 e. The van der Waals surface area contributed by atoms with E-state index in [4.69, 9.17) is 5.14 Å². The summed E-state index contributed by atoms with van der Waals surface area (Å²) in [6.07, 6.45) is 7.83. The highest BCUT2D eigenvalue weighted by atomic mass is 32.2. The molecule has 6 heteroatoms. The number of hydrogen-bond donors (Lipinski definition) is 1. The molecule has 0 aromatic carbocycles. The number of nitrogens with two attached hydrogens (primary N) is 1. The van der Waals surface area contributed by atoms with Gasteiger partial charge in [0, 0.05) is 12.7 Å². The molecule has 2 N–H and O–H groups in total. The van der Waals surface area contributed by atoms with E-state index in [1.807, 2.05) is 0 Å². The second-order valence-electron chi connectivity index (χ2n) is 6.38. The number of aromatic nitrogens is 2. The quantitative estimate of drug-likeness (QED) is 0.900. The summed E-state index contributed by atoms with van der Waals surface area (Å²) >= 11 is 0. The van der Waals surface area contributed by atoms with Crippen LogP contribution < -0.4 is 5.14 Å². The first-order valence-corrected chi connectivity index (χ1v) is 8.37. The lowest BCUT2D eigenvalue weighted by Gasteiger charge is -2.16. The Labute approximate surface area is 115 Å². The fourth-order valence-corrected chi connectivity index (χ4v) is 3.46. The first-order chi connectivity index (χ1) is 8.76. The second kappa shape index (κ2) is 5.25. The maximum atomic E-state index is 11.1. The van der Waals surface area contributed by atoms with E-state index in [2.05, 4.69) is 18.9 Å². The molecule has 2 rings (SSSR count). The third-order valence-corrected chi connectivity index (χ3v) is 4.78. The molecular weight excluding hydrogens is 262 g/mol. The summed E-state index contributed by atoms with van der Waals surface area (Å²) in [7, 11) is -3.67. The summed E-state index contributed by atoms with van der Waals surface area (Å²) in [4.78, 5) is 0. The van der Waals surface area contributed by atoms with E-state index in [0.717, 1.165) is 18.9 Å². The number of rotatable bonds is 5. The van der Waals surface area contributed by atoms with Gasteiger partial charge < -0.3 is 0 Å². The van der Waals surface area contributed by atoms with Gasteiger partial charge in [0.2, 0.25) is 0 Å². The highest BCUT2D eigenvalue weighted by molar-refractivity contribution is 7.89. The normalized spacial score (nSPS) is 22.8. The van der Waals surface area contributed by atoms with Gasteiger partial charge in [0.15, 0.2) is 5.03 Å². The van der Waals surface area contributed by atoms with Crippen molar-refractivity contribution in [3.63, 3.8) is 0 Å². The summed E-state index contributed by atoms with van der Waals surface area (Å²) in [5.41, 5.74) is 0.497. The summed E-state index contributed by atoms with van der Waals surface area (Å²) in [6, 6.07) is 1.45. The van der Waals surface area contributed by atoms with Gasteiger partial charge in [0.25, 0.3) is 10.0 Å². The Bertz CT molecular complexity index is 534. The molecule has 0 spiro atoms. The zero-order valence-electron chi connectivity index (χ0n) is 11.7. The molecule has 1 fully saturated rings. The molecule has 0 aliphatic heterocycles. The summed E-state index contributed by atoms with van der Waals surface area (Å²) in [5, 5.41) is 8.96. The molecule has 1 heterocycles. The van der Waals surface area contributed by atoms with Crippen LogP contribution in [0.5, 0.6) is 0 Å². The molecule has 1 aliphatic carbocycles. The van der Waals surface area contributed by atoms with Crippen molar-refractivity contribution in [2.45, 2.75) is 57.5 Å². The van der Waals surface area contributed by atoms with Crippen molar-refractivity contribution in [1.82, 2.24) is 9.78 Å². The molecule has 1 saturated carbocycles. The first-order valence-electron chi connectivity index (χ1n) is 6.83. The minimum Gasteiger partial charge on any atom is -0.271 e. The van der Waals surface area contributed by atoms with Gasteiger partial charge in [-0.25, -0.2) is 13.6 Å². The van der Waals surface area contributed by atoms with Crippen LogP contribution in [0.3, 0.4) is 0 Å². The fourth-order valence-electron chi connectivity index (χ4n) is 2.99. The minimum atomic E-state index is -3.67. The molecule has 1 aromatic rings. The lowest BCUT2D eigenvalue weighted by Crippen LogP contribution is -2.13. The fraction of sp³-hybridized carbons (Fsp3) is 0.769. The predicted molar refractivity (Wildman–Crippen MR) is 74.0 cm³/mol. The number of sulfonamides is 1. The van der Waals surface area contributed by atoms with Crippen molar-refractivity contribution in [3.05, 3.63) is 12.3 Å². The number of aryl methyl sites for hydroxylation is 1. The standard InChI is InChI=1S/C13H23N3O2S/c1-13(2)7-5-11(10-13)4-3-8-16-9-6-12(15-16)19(14,17)18/h6,9,11H,3-5,7-8,10H2,1-2H3,(H2,14,17,18)/t11-/m1/s1. The van der Waals surface area contributed by atoms with E-state index < -0.39 is 10.0 Å². The van der Waals surface area contributed by atoms with E-state index in [1.54, 1.807) is 10.9 Å².